The smallest absolute Gasteiger partial charge is 0.301 e. The lowest BCUT2D eigenvalue weighted by atomic mass is 10.1. The largest absolute Gasteiger partial charge is 0.399 e. The molecule has 2 rings (SSSR count). The molecule has 0 spiro atoms. The van der Waals surface area contributed by atoms with Gasteiger partial charge in [-0.1, -0.05) is 32.9 Å². The molecule has 108 valence electrons. The maximum absolute atomic E-state index is 12.0. The second-order valence-corrected chi connectivity index (χ2v) is 11.4. The van der Waals surface area contributed by atoms with Crippen LogP contribution in [0, 0.1) is 0 Å². The maximum Gasteiger partial charge on any atom is 0.301 e. The number of rotatable bonds is 3. The van der Waals surface area contributed by atoms with Crippen LogP contribution in [0.1, 0.15) is 31.1 Å². The second-order valence-electron chi connectivity index (χ2n) is 6.61. The number of hydrogen-bond donors (Lipinski definition) is 0. The molecule has 5 heteroatoms. The van der Waals surface area contributed by atoms with E-state index in [1.165, 1.54) is 4.90 Å². The molecule has 1 heterocycles. The fraction of sp³-hybridized carbons (Fsp3) is 0.467. The highest BCUT2D eigenvalue weighted by Crippen LogP contribution is 2.37. The molecule has 0 saturated carbocycles. The number of amides is 1. The summed E-state index contributed by atoms with van der Waals surface area (Å²) in [6.45, 7) is 10.8. The average Bonchev–Trinajstić information content (AvgIpc) is 2.59. The maximum atomic E-state index is 12.0. The molecule has 1 aliphatic heterocycles. The molecule has 1 aromatic carbocycles. The first-order valence-corrected chi connectivity index (χ1v) is 9.65. The fourth-order valence-electron chi connectivity index (χ4n) is 1.82. The molecule has 1 aliphatic rings. The molecule has 0 aliphatic carbocycles. The van der Waals surface area contributed by atoms with Crippen molar-refractivity contribution in [2.75, 3.05) is 11.6 Å². The van der Waals surface area contributed by atoms with Crippen molar-refractivity contribution in [1.29, 1.82) is 0 Å². The summed E-state index contributed by atoms with van der Waals surface area (Å²) in [6, 6.07) is 7.06. The molecule has 4 nitrogen and oxygen atoms in total. The predicted octanol–water partition coefficient (Wildman–Crippen LogP) is 3.20. The first-order chi connectivity index (χ1) is 9.15. The van der Waals surface area contributed by atoms with Gasteiger partial charge in [-0.15, -0.1) is 0 Å². The third kappa shape index (κ3) is 2.43. The van der Waals surface area contributed by atoms with Crippen LogP contribution in [0.4, 0.5) is 5.69 Å². The van der Waals surface area contributed by atoms with Gasteiger partial charge < -0.3 is 4.43 Å². The number of carbonyl (C=O) groups is 2. The number of fused-ring (bicyclic) bond motifs is 1. The first kappa shape index (κ1) is 14.9. The molecule has 0 radical (unpaired) electrons. The second kappa shape index (κ2) is 4.82. The SMILES string of the molecule is CC(C)(C)[Si](C)(C)OCN1C(=O)C(=O)c2ccccc21. The number of para-hydroxylation sites is 1. The Morgan fingerprint density at radius 1 is 1.15 bits per heavy atom. The highest BCUT2D eigenvalue weighted by atomic mass is 28.4. The summed E-state index contributed by atoms with van der Waals surface area (Å²) in [5, 5.41) is 0.0687. The number of nitrogens with zero attached hydrogens (tertiary/aromatic N) is 1. The Morgan fingerprint density at radius 3 is 2.35 bits per heavy atom. The number of anilines is 1. The van der Waals surface area contributed by atoms with Crippen LogP contribution in [-0.2, 0) is 9.22 Å². The van der Waals surface area contributed by atoms with E-state index in [9.17, 15) is 9.59 Å². The third-order valence-electron chi connectivity index (χ3n) is 4.24. The van der Waals surface area contributed by atoms with Crippen molar-refractivity contribution in [3.8, 4) is 0 Å². The molecule has 0 aromatic heterocycles. The van der Waals surface area contributed by atoms with Gasteiger partial charge in [0.15, 0.2) is 8.32 Å². The van der Waals surface area contributed by atoms with Gasteiger partial charge in [0.2, 0.25) is 0 Å². The monoisotopic (exact) mass is 291 g/mol. The minimum atomic E-state index is -1.95. The van der Waals surface area contributed by atoms with Crippen LogP contribution < -0.4 is 4.90 Å². The summed E-state index contributed by atoms with van der Waals surface area (Å²) in [4.78, 5) is 25.4. The van der Waals surface area contributed by atoms with Gasteiger partial charge in [-0.3, -0.25) is 14.5 Å². The molecule has 20 heavy (non-hydrogen) atoms. The van der Waals surface area contributed by atoms with E-state index in [1.807, 2.05) is 6.07 Å². The Balaban J connectivity index is 2.20. The van der Waals surface area contributed by atoms with Crippen molar-refractivity contribution >= 4 is 25.7 Å². The number of Topliss-reactive ketones (excluding diaryl/α,β-unsaturated/α-hetero) is 1. The molecule has 0 saturated heterocycles. The lowest BCUT2D eigenvalue weighted by Crippen LogP contribution is -2.45. The molecule has 0 fully saturated rings. The molecule has 0 bridgehead atoms. The molecule has 1 aromatic rings. The van der Waals surface area contributed by atoms with E-state index in [0.717, 1.165) is 0 Å². The van der Waals surface area contributed by atoms with Gasteiger partial charge in [-0.2, -0.15) is 0 Å². The van der Waals surface area contributed by atoms with Gasteiger partial charge in [0.25, 0.3) is 5.78 Å². The lowest BCUT2D eigenvalue weighted by Gasteiger charge is -2.37. The van der Waals surface area contributed by atoms with Crippen molar-refractivity contribution in [2.45, 2.75) is 38.9 Å². The highest BCUT2D eigenvalue weighted by molar-refractivity contribution is 6.74. The quantitative estimate of drug-likeness (QED) is 0.634. The molecule has 0 unspecified atom stereocenters. The predicted molar refractivity (Wildman–Crippen MR) is 81.4 cm³/mol. The van der Waals surface area contributed by atoms with Crippen LogP contribution in [0.15, 0.2) is 24.3 Å². The molecular formula is C15H21NO3Si. The van der Waals surface area contributed by atoms with E-state index in [1.54, 1.807) is 18.2 Å². The third-order valence-corrected chi connectivity index (χ3v) is 8.70. The zero-order valence-electron chi connectivity index (χ0n) is 12.7. The number of ketones is 1. The Morgan fingerprint density at radius 2 is 1.75 bits per heavy atom. The zero-order chi connectivity index (χ0) is 15.1. The average molecular weight is 291 g/mol. The standard InChI is InChI=1S/C15H21NO3Si/c1-15(2,3)20(4,5)19-10-16-12-9-7-6-8-11(12)13(17)14(16)18/h6-9H,10H2,1-5H3. The Labute approximate surface area is 120 Å². The van der Waals surface area contributed by atoms with Crippen molar-refractivity contribution < 1.29 is 14.0 Å². The Bertz CT molecular complexity index is 560. The van der Waals surface area contributed by atoms with E-state index in [4.69, 9.17) is 4.43 Å². The van der Waals surface area contributed by atoms with Crippen LogP contribution in [-0.4, -0.2) is 26.7 Å². The summed E-state index contributed by atoms with van der Waals surface area (Å²) in [5.74, 6) is -0.940. The molecule has 0 N–H and O–H groups in total. The van der Waals surface area contributed by atoms with E-state index in [-0.39, 0.29) is 11.8 Å². The normalized spacial score (nSPS) is 15.8. The zero-order valence-corrected chi connectivity index (χ0v) is 13.7. The van der Waals surface area contributed by atoms with E-state index >= 15 is 0 Å². The van der Waals surface area contributed by atoms with Crippen molar-refractivity contribution in [3.05, 3.63) is 29.8 Å². The van der Waals surface area contributed by atoms with Crippen LogP contribution in [0.5, 0.6) is 0 Å². The number of carbonyl (C=O) groups excluding carboxylic acids is 2. The minimum absolute atomic E-state index is 0.0687. The molecular weight excluding hydrogens is 270 g/mol. The summed E-state index contributed by atoms with van der Waals surface area (Å²) in [5.41, 5.74) is 1.12. The number of benzene rings is 1. The van der Waals surface area contributed by atoms with Crippen LogP contribution in [0.3, 0.4) is 0 Å². The molecule has 0 atom stereocenters. The fourth-order valence-corrected chi connectivity index (χ4v) is 2.70. The van der Waals surface area contributed by atoms with Gasteiger partial charge in [0.05, 0.1) is 11.3 Å². The Kier molecular flexibility index (Phi) is 3.60. The lowest BCUT2D eigenvalue weighted by molar-refractivity contribution is -0.114. The van der Waals surface area contributed by atoms with Gasteiger partial charge in [0, 0.05) is 0 Å². The minimum Gasteiger partial charge on any atom is -0.399 e. The summed E-state index contributed by atoms with van der Waals surface area (Å²) in [6.07, 6.45) is 0. The Hall–Kier alpha value is -1.46. The summed E-state index contributed by atoms with van der Waals surface area (Å²) >= 11 is 0. The first-order valence-electron chi connectivity index (χ1n) is 6.74. The van der Waals surface area contributed by atoms with Gasteiger partial charge >= 0.3 is 5.91 Å². The van der Waals surface area contributed by atoms with E-state index < -0.39 is 20.0 Å². The van der Waals surface area contributed by atoms with E-state index in [0.29, 0.717) is 11.3 Å². The van der Waals surface area contributed by atoms with Crippen LogP contribution in [0.2, 0.25) is 18.1 Å². The van der Waals surface area contributed by atoms with Gasteiger partial charge in [-0.25, -0.2) is 0 Å². The van der Waals surface area contributed by atoms with Crippen LogP contribution in [0.25, 0.3) is 0 Å². The number of hydrogen-bond acceptors (Lipinski definition) is 3. The highest BCUT2D eigenvalue weighted by Gasteiger charge is 2.40. The van der Waals surface area contributed by atoms with Crippen LogP contribution >= 0.6 is 0 Å². The summed E-state index contributed by atoms with van der Waals surface area (Å²) < 4.78 is 6.05. The van der Waals surface area contributed by atoms with E-state index in [2.05, 4.69) is 33.9 Å². The van der Waals surface area contributed by atoms with Crippen molar-refractivity contribution in [3.63, 3.8) is 0 Å². The van der Waals surface area contributed by atoms with Gasteiger partial charge in [-0.05, 0) is 30.3 Å². The van der Waals surface area contributed by atoms with Crippen molar-refractivity contribution in [2.24, 2.45) is 0 Å². The topological polar surface area (TPSA) is 46.6 Å². The van der Waals surface area contributed by atoms with Gasteiger partial charge in [0.1, 0.15) is 6.73 Å². The summed E-state index contributed by atoms with van der Waals surface area (Å²) in [7, 11) is -1.95. The molecule has 1 amide bonds. The van der Waals surface area contributed by atoms with Crippen molar-refractivity contribution in [1.82, 2.24) is 0 Å².